The summed E-state index contributed by atoms with van der Waals surface area (Å²) in [6.07, 6.45) is 1.79. The van der Waals surface area contributed by atoms with E-state index in [-0.39, 0.29) is 5.91 Å². The molecule has 0 aliphatic heterocycles. The quantitative estimate of drug-likeness (QED) is 0.909. The smallest absolute Gasteiger partial charge is 0.250 e. The lowest BCUT2D eigenvalue weighted by molar-refractivity contribution is -0.120. The molecule has 1 heterocycles. The molecule has 1 unspecified atom stereocenters. The number of nitrogens with two attached hydrogens (primary N) is 1. The van der Waals surface area contributed by atoms with Gasteiger partial charge in [-0.05, 0) is 18.4 Å². The van der Waals surface area contributed by atoms with Crippen molar-refractivity contribution in [1.82, 2.24) is 4.98 Å². The van der Waals surface area contributed by atoms with E-state index in [1.807, 2.05) is 30.3 Å². The first-order chi connectivity index (χ1) is 9.41. The van der Waals surface area contributed by atoms with Crippen LogP contribution in [-0.4, -0.2) is 10.9 Å². The zero-order chi connectivity index (χ0) is 14.8. The van der Waals surface area contributed by atoms with Gasteiger partial charge in [-0.25, -0.2) is 4.98 Å². The number of anilines is 1. The van der Waals surface area contributed by atoms with Gasteiger partial charge in [0.2, 0.25) is 0 Å². The molecular formula is C15H19N3OS. The third-order valence-electron chi connectivity index (χ3n) is 3.16. The van der Waals surface area contributed by atoms with E-state index < -0.39 is 5.54 Å². The summed E-state index contributed by atoms with van der Waals surface area (Å²) >= 11 is 1.48. The molecule has 2 rings (SSSR count). The van der Waals surface area contributed by atoms with Crippen LogP contribution in [0.15, 0.2) is 36.5 Å². The van der Waals surface area contributed by atoms with Gasteiger partial charge in [0.1, 0.15) is 5.54 Å². The molecule has 1 aromatic heterocycles. The lowest BCUT2D eigenvalue weighted by atomic mass is 9.92. The first-order valence-electron chi connectivity index (χ1n) is 6.53. The Bertz CT molecular complexity index is 590. The van der Waals surface area contributed by atoms with Crippen LogP contribution in [0.1, 0.15) is 37.1 Å². The Morgan fingerprint density at radius 1 is 1.35 bits per heavy atom. The summed E-state index contributed by atoms with van der Waals surface area (Å²) in [7, 11) is 0. The number of benzene rings is 1. The Kier molecular flexibility index (Phi) is 4.20. The van der Waals surface area contributed by atoms with E-state index in [2.05, 4.69) is 24.1 Å². The molecule has 2 aromatic rings. The van der Waals surface area contributed by atoms with Crippen molar-refractivity contribution in [2.24, 2.45) is 5.73 Å². The second kappa shape index (κ2) is 5.73. The number of amides is 1. The summed E-state index contributed by atoms with van der Waals surface area (Å²) in [5.74, 6) is 0.143. The summed E-state index contributed by atoms with van der Waals surface area (Å²) in [5, 5.41) is 3.39. The van der Waals surface area contributed by atoms with Gasteiger partial charge in [-0.2, -0.15) is 0 Å². The fourth-order valence-corrected chi connectivity index (χ4v) is 2.57. The highest BCUT2D eigenvalue weighted by atomic mass is 32.1. The topological polar surface area (TPSA) is 68.0 Å². The standard InChI is InChI=1S/C15H19N3OS/c1-10(2)12-9-17-14(20-12)18-13(19)15(3,16)11-7-5-4-6-8-11/h4-10H,16H2,1-3H3,(H,17,18,19). The Morgan fingerprint density at radius 2 is 2.00 bits per heavy atom. The molecule has 0 radical (unpaired) electrons. The van der Waals surface area contributed by atoms with Crippen molar-refractivity contribution in [3.63, 3.8) is 0 Å². The fraction of sp³-hybridized carbons (Fsp3) is 0.333. The molecule has 0 aliphatic carbocycles. The van der Waals surface area contributed by atoms with Crippen LogP contribution >= 0.6 is 11.3 Å². The highest BCUT2D eigenvalue weighted by molar-refractivity contribution is 7.15. The van der Waals surface area contributed by atoms with Gasteiger partial charge in [-0.3, -0.25) is 4.79 Å². The fourth-order valence-electron chi connectivity index (χ4n) is 1.75. The molecule has 4 nitrogen and oxygen atoms in total. The maximum Gasteiger partial charge on any atom is 0.250 e. The highest BCUT2D eigenvalue weighted by Gasteiger charge is 2.31. The van der Waals surface area contributed by atoms with Crippen LogP contribution < -0.4 is 11.1 Å². The Balaban J connectivity index is 2.14. The minimum Gasteiger partial charge on any atom is -0.314 e. The van der Waals surface area contributed by atoms with Crippen molar-refractivity contribution in [2.75, 3.05) is 5.32 Å². The molecular weight excluding hydrogens is 270 g/mol. The molecule has 1 atom stereocenters. The SMILES string of the molecule is CC(C)c1cnc(NC(=O)C(C)(N)c2ccccc2)s1. The monoisotopic (exact) mass is 289 g/mol. The first-order valence-corrected chi connectivity index (χ1v) is 7.34. The van der Waals surface area contributed by atoms with E-state index in [4.69, 9.17) is 5.73 Å². The molecule has 3 N–H and O–H groups in total. The number of hydrogen-bond acceptors (Lipinski definition) is 4. The molecule has 5 heteroatoms. The van der Waals surface area contributed by atoms with Crippen molar-refractivity contribution in [3.8, 4) is 0 Å². The second-order valence-corrected chi connectivity index (χ2v) is 6.31. The van der Waals surface area contributed by atoms with Crippen LogP contribution in [0.25, 0.3) is 0 Å². The maximum absolute atomic E-state index is 12.3. The summed E-state index contributed by atoms with van der Waals surface area (Å²) < 4.78 is 0. The largest absolute Gasteiger partial charge is 0.314 e. The van der Waals surface area contributed by atoms with E-state index in [1.54, 1.807) is 13.1 Å². The van der Waals surface area contributed by atoms with Gasteiger partial charge in [-0.15, -0.1) is 11.3 Å². The van der Waals surface area contributed by atoms with Crippen molar-refractivity contribution in [3.05, 3.63) is 47.0 Å². The molecule has 0 bridgehead atoms. The number of hydrogen-bond donors (Lipinski definition) is 2. The second-order valence-electron chi connectivity index (χ2n) is 5.24. The summed E-state index contributed by atoms with van der Waals surface area (Å²) in [5.41, 5.74) is 5.86. The number of aromatic nitrogens is 1. The highest BCUT2D eigenvalue weighted by Crippen LogP contribution is 2.26. The van der Waals surface area contributed by atoms with Crippen molar-refractivity contribution >= 4 is 22.4 Å². The summed E-state index contributed by atoms with van der Waals surface area (Å²) in [4.78, 5) is 17.7. The molecule has 0 aliphatic rings. The van der Waals surface area contributed by atoms with Crippen molar-refractivity contribution in [1.29, 1.82) is 0 Å². The van der Waals surface area contributed by atoms with Gasteiger partial charge in [-0.1, -0.05) is 44.2 Å². The molecule has 1 aromatic carbocycles. The number of nitrogens with one attached hydrogen (secondary N) is 1. The molecule has 1 amide bonds. The molecule has 20 heavy (non-hydrogen) atoms. The number of carbonyl (C=O) groups excluding carboxylic acids is 1. The average Bonchev–Trinajstić information content (AvgIpc) is 2.88. The van der Waals surface area contributed by atoms with Crippen LogP contribution in [-0.2, 0) is 10.3 Å². The van der Waals surface area contributed by atoms with E-state index in [0.29, 0.717) is 11.0 Å². The Morgan fingerprint density at radius 3 is 2.55 bits per heavy atom. The van der Waals surface area contributed by atoms with Gasteiger partial charge >= 0.3 is 0 Å². The Hall–Kier alpha value is -1.72. The minimum absolute atomic E-state index is 0.256. The zero-order valence-corrected chi connectivity index (χ0v) is 12.7. The first kappa shape index (κ1) is 14.7. The van der Waals surface area contributed by atoms with Crippen LogP contribution in [0.2, 0.25) is 0 Å². The van der Waals surface area contributed by atoms with Gasteiger partial charge in [0.15, 0.2) is 5.13 Å². The van der Waals surface area contributed by atoms with Gasteiger partial charge < -0.3 is 11.1 Å². The van der Waals surface area contributed by atoms with Crippen molar-refractivity contribution < 1.29 is 4.79 Å². The zero-order valence-electron chi connectivity index (χ0n) is 11.9. The van der Waals surface area contributed by atoms with Crippen LogP contribution in [0, 0.1) is 0 Å². The third kappa shape index (κ3) is 3.05. The number of rotatable bonds is 4. The summed E-state index contributed by atoms with van der Waals surface area (Å²) in [6.45, 7) is 5.89. The molecule has 106 valence electrons. The number of carbonyl (C=O) groups is 1. The van der Waals surface area contributed by atoms with E-state index in [9.17, 15) is 4.79 Å². The van der Waals surface area contributed by atoms with E-state index in [0.717, 1.165) is 10.4 Å². The van der Waals surface area contributed by atoms with Crippen LogP contribution in [0.3, 0.4) is 0 Å². The van der Waals surface area contributed by atoms with Crippen LogP contribution in [0.5, 0.6) is 0 Å². The minimum atomic E-state index is -1.08. The third-order valence-corrected chi connectivity index (χ3v) is 4.37. The molecule has 0 saturated carbocycles. The Labute approximate surface area is 123 Å². The number of nitrogens with zero attached hydrogens (tertiary/aromatic N) is 1. The molecule has 0 spiro atoms. The van der Waals surface area contributed by atoms with Crippen molar-refractivity contribution in [2.45, 2.75) is 32.2 Å². The van der Waals surface area contributed by atoms with Gasteiger partial charge in [0.25, 0.3) is 5.91 Å². The van der Waals surface area contributed by atoms with Crippen LogP contribution in [0.4, 0.5) is 5.13 Å². The summed E-state index contributed by atoms with van der Waals surface area (Å²) in [6, 6.07) is 9.33. The lowest BCUT2D eigenvalue weighted by Crippen LogP contribution is -2.45. The average molecular weight is 289 g/mol. The predicted molar refractivity (Wildman–Crippen MR) is 82.8 cm³/mol. The number of thiazole rings is 1. The van der Waals surface area contributed by atoms with Gasteiger partial charge in [0, 0.05) is 11.1 Å². The lowest BCUT2D eigenvalue weighted by Gasteiger charge is -2.23. The van der Waals surface area contributed by atoms with Gasteiger partial charge in [0.05, 0.1) is 0 Å². The molecule has 0 saturated heterocycles. The van der Waals surface area contributed by atoms with E-state index in [1.165, 1.54) is 11.3 Å². The normalized spacial score (nSPS) is 14.1. The maximum atomic E-state index is 12.3. The molecule has 0 fully saturated rings. The van der Waals surface area contributed by atoms with E-state index >= 15 is 0 Å². The predicted octanol–water partition coefficient (Wildman–Crippen LogP) is 3.08.